The van der Waals surface area contributed by atoms with Crippen molar-refractivity contribution < 1.29 is 4.79 Å². The first-order valence-electron chi connectivity index (χ1n) is 8.64. The van der Waals surface area contributed by atoms with Crippen molar-refractivity contribution in [2.45, 2.75) is 63.2 Å². The molecule has 1 fully saturated rings. The van der Waals surface area contributed by atoms with Crippen LogP contribution in [-0.2, 0) is 24.2 Å². The van der Waals surface area contributed by atoms with Crippen LogP contribution < -0.4 is 10.9 Å². The van der Waals surface area contributed by atoms with Crippen LogP contribution in [0.3, 0.4) is 0 Å². The first kappa shape index (κ1) is 16.1. The van der Waals surface area contributed by atoms with Crippen molar-refractivity contribution in [1.29, 1.82) is 0 Å². The molecule has 4 rings (SSSR count). The van der Waals surface area contributed by atoms with Gasteiger partial charge in [-0.25, -0.2) is 4.98 Å². The summed E-state index contributed by atoms with van der Waals surface area (Å²) >= 11 is 3.03. The number of aromatic nitrogens is 2. The summed E-state index contributed by atoms with van der Waals surface area (Å²) in [6, 6.07) is 0.367. The minimum Gasteiger partial charge on any atom is -0.353 e. The molecular formula is C17H21N3O2S2. The molecule has 2 heterocycles. The Morgan fingerprint density at radius 2 is 2.17 bits per heavy atom. The van der Waals surface area contributed by atoms with Gasteiger partial charge in [0.05, 0.1) is 11.1 Å². The van der Waals surface area contributed by atoms with Gasteiger partial charge in [0.15, 0.2) is 5.16 Å². The van der Waals surface area contributed by atoms with Crippen LogP contribution >= 0.6 is 23.1 Å². The molecule has 7 heteroatoms. The van der Waals surface area contributed by atoms with E-state index in [-0.39, 0.29) is 11.5 Å². The van der Waals surface area contributed by atoms with Crippen molar-refractivity contribution in [2.24, 2.45) is 0 Å². The average molecular weight is 364 g/mol. The third kappa shape index (κ3) is 2.99. The third-order valence-corrected chi connectivity index (χ3v) is 6.79. The van der Waals surface area contributed by atoms with E-state index < -0.39 is 0 Å². The van der Waals surface area contributed by atoms with Gasteiger partial charge < -0.3 is 5.32 Å². The fraction of sp³-hybridized carbons (Fsp3) is 0.588. The molecule has 24 heavy (non-hydrogen) atoms. The molecule has 0 aromatic carbocycles. The van der Waals surface area contributed by atoms with Crippen molar-refractivity contribution >= 4 is 39.2 Å². The van der Waals surface area contributed by atoms with E-state index >= 15 is 0 Å². The highest BCUT2D eigenvalue weighted by atomic mass is 32.2. The Morgan fingerprint density at radius 1 is 1.38 bits per heavy atom. The number of hydrogen-bond acceptors (Lipinski definition) is 5. The van der Waals surface area contributed by atoms with Crippen LogP contribution in [0.4, 0.5) is 0 Å². The largest absolute Gasteiger partial charge is 0.353 e. The van der Waals surface area contributed by atoms with Gasteiger partial charge in [0.25, 0.3) is 5.56 Å². The van der Waals surface area contributed by atoms with Crippen LogP contribution in [0, 0.1) is 0 Å². The van der Waals surface area contributed by atoms with Crippen molar-refractivity contribution in [3.8, 4) is 0 Å². The van der Waals surface area contributed by atoms with E-state index in [1.807, 2.05) is 6.92 Å². The lowest BCUT2D eigenvalue weighted by molar-refractivity contribution is -0.118. The molecule has 1 N–H and O–H groups in total. The minimum absolute atomic E-state index is 0.0324. The fourth-order valence-corrected chi connectivity index (χ4v) is 5.41. The number of nitrogens with zero attached hydrogens (tertiary/aromatic N) is 2. The zero-order chi connectivity index (χ0) is 16.7. The van der Waals surface area contributed by atoms with E-state index in [2.05, 4.69) is 5.32 Å². The number of thiophene rings is 1. The summed E-state index contributed by atoms with van der Waals surface area (Å²) in [6.45, 7) is 2.54. The molecule has 0 aliphatic heterocycles. The molecule has 0 spiro atoms. The average Bonchev–Trinajstić information content (AvgIpc) is 3.30. The van der Waals surface area contributed by atoms with Gasteiger partial charge in [-0.1, -0.05) is 11.8 Å². The molecule has 0 radical (unpaired) electrons. The molecule has 5 nitrogen and oxygen atoms in total. The van der Waals surface area contributed by atoms with Gasteiger partial charge >= 0.3 is 0 Å². The fourth-order valence-electron chi connectivity index (χ4n) is 3.24. The number of carbonyl (C=O) groups excluding carboxylic acids is 1. The van der Waals surface area contributed by atoms with E-state index in [4.69, 9.17) is 4.98 Å². The van der Waals surface area contributed by atoms with E-state index in [1.54, 1.807) is 15.9 Å². The highest BCUT2D eigenvalue weighted by Gasteiger charge is 2.24. The molecule has 2 aliphatic rings. The third-order valence-electron chi connectivity index (χ3n) is 4.63. The van der Waals surface area contributed by atoms with E-state index in [0.29, 0.717) is 23.5 Å². The van der Waals surface area contributed by atoms with Gasteiger partial charge in [-0.15, -0.1) is 11.3 Å². The second-order valence-corrected chi connectivity index (χ2v) is 8.49. The van der Waals surface area contributed by atoms with Gasteiger partial charge in [-0.3, -0.25) is 14.2 Å². The number of fused-ring (bicyclic) bond motifs is 3. The SMILES string of the molecule is CCn1c(SCC(=O)NC2CC2)nc2sc3c(c2c1=O)CCCC3. The Balaban J connectivity index is 1.67. The predicted molar refractivity (Wildman–Crippen MR) is 98.1 cm³/mol. The van der Waals surface area contributed by atoms with Crippen molar-refractivity contribution in [3.05, 3.63) is 20.8 Å². The highest BCUT2D eigenvalue weighted by molar-refractivity contribution is 7.99. The smallest absolute Gasteiger partial charge is 0.263 e. The molecule has 0 unspecified atom stereocenters. The molecule has 0 saturated heterocycles. The Bertz CT molecular complexity index is 852. The maximum atomic E-state index is 13.0. The molecule has 128 valence electrons. The first-order valence-corrected chi connectivity index (χ1v) is 10.4. The summed E-state index contributed by atoms with van der Waals surface area (Å²) in [5, 5.41) is 4.47. The molecule has 1 saturated carbocycles. The number of nitrogens with one attached hydrogen (secondary N) is 1. The van der Waals surface area contributed by atoms with Crippen LogP contribution in [-0.4, -0.2) is 27.3 Å². The van der Waals surface area contributed by atoms with E-state index in [1.165, 1.54) is 28.6 Å². The monoisotopic (exact) mass is 363 g/mol. The maximum absolute atomic E-state index is 13.0. The summed E-state index contributed by atoms with van der Waals surface area (Å²) in [6.07, 6.45) is 6.58. The molecule has 1 amide bonds. The lowest BCUT2D eigenvalue weighted by atomic mass is 9.97. The summed E-state index contributed by atoms with van der Waals surface area (Å²) < 4.78 is 1.72. The van der Waals surface area contributed by atoms with Crippen LogP contribution in [0.2, 0.25) is 0 Å². The molecule has 2 aromatic heterocycles. The van der Waals surface area contributed by atoms with Gasteiger partial charge in [0, 0.05) is 17.5 Å². The zero-order valence-corrected chi connectivity index (χ0v) is 15.4. The second kappa shape index (κ2) is 6.52. The van der Waals surface area contributed by atoms with Gasteiger partial charge in [-0.2, -0.15) is 0 Å². The van der Waals surface area contributed by atoms with Gasteiger partial charge in [0.2, 0.25) is 5.91 Å². The normalized spacial score (nSPS) is 17.0. The Labute approximate surface area is 148 Å². The molecule has 2 aliphatic carbocycles. The molecule has 0 atom stereocenters. The lowest BCUT2D eigenvalue weighted by Gasteiger charge is -2.12. The molecular weight excluding hydrogens is 342 g/mol. The van der Waals surface area contributed by atoms with Crippen LogP contribution in [0.1, 0.15) is 43.0 Å². The zero-order valence-electron chi connectivity index (χ0n) is 13.8. The summed E-state index contributed by atoms with van der Waals surface area (Å²) in [7, 11) is 0. The summed E-state index contributed by atoms with van der Waals surface area (Å²) in [5.41, 5.74) is 1.29. The number of aryl methyl sites for hydroxylation is 2. The summed E-state index contributed by atoms with van der Waals surface area (Å²) in [4.78, 5) is 31.8. The van der Waals surface area contributed by atoms with Crippen molar-refractivity contribution in [2.75, 3.05) is 5.75 Å². The standard InChI is InChI=1S/C17H21N3O2S2/c1-2-20-16(22)14-11-5-3-4-6-12(11)24-15(14)19-17(20)23-9-13(21)18-10-7-8-10/h10H,2-9H2,1H3,(H,18,21). The number of rotatable bonds is 5. The van der Waals surface area contributed by atoms with Crippen LogP contribution in [0.5, 0.6) is 0 Å². The summed E-state index contributed by atoms with van der Waals surface area (Å²) in [5.74, 6) is 0.351. The Hall–Kier alpha value is -1.34. The van der Waals surface area contributed by atoms with Crippen LogP contribution in [0.25, 0.3) is 10.2 Å². The quantitative estimate of drug-likeness (QED) is 0.655. The topological polar surface area (TPSA) is 64.0 Å². The van der Waals surface area contributed by atoms with E-state index in [9.17, 15) is 9.59 Å². The van der Waals surface area contributed by atoms with Crippen molar-refractivity contribution in [1.82, 2.24) is 14.9 Å². The van der Waals surface area contributed by atoms with Crippen molar-refractivity contribution in [3.63, 3.8) is 0 Å². The number of hydrogen-bond donors (Lipinski definition) is 1. The highest BCUT2D eigenvalue weighted by Crippen LogP contribution is 2.34. The number of amides is 1. The molecule has 2 aromatic rings. The first-order chi connectivity index (χ1) is 11.7. The van der Waals surface area contributed by atoms with Gasteiger partial charge in [0.1, 0.15) is 4.83 Å². The van der Waals surface area contributed by atoms with Crippen LogP contribution in [0.15, 0.2) is 9.95 Å². The second-order valence-electron chi connectivity index (χ2n) is 6.47. The Morgan fingerprint density at radius 3 is 2.92 bits per heavy atom. The number of thioether (sulfide) groups is 1. The molecule has 0 bridgehead atoms. The lowest BCUT2D eigenvalue weighted by Crippen LogP contribution is -2.28. The number of carbonyl (C=O) groups is 1. The predicted octanol–water partition coefficient (Wildman–Crippen LogP) is 2.73. The van der Waals surface area contributed by atoms with Gasteiger partial charge in [-0.05, 0) is 51.0 Å². The minimum atomic E-state index is 0.0324. The van der Waals surface area contributed by atoms with E-state index in [0.717, 1.165) is 42.3 Å². The maximum Gasteiger partial charge on any atom is 0.263 e. The Kier molecular flexibility index (Phi) is 4.39.